The van der Waals surface area contributed by atoms with Gasteiger partial charge in [0.2, 0.25) is 0 Å². The Bertz CT molecular complexity index is 1630. The van der Waals surface area contributed by atoms with Crippen LogP contribution in [-0.4, -0.2) is 4.98 Å². The Labute approximate surface area is 185 Å². The molecule has 0 bridgehead atoms. The fourth-order valence-electron chi connectivity index (χ4n) is 4.66. The van der Waals surface area contributed by atoms with Crippen molar-refractivity contribution in [3.63, 3.8) is 0 Å². The van der Waals surface area contributed by atoms with E-state index in [4.69, 9.17) is 9.40 Å². The van der Waals surface area contributed by atoms with Crippen LogP contribution < -0.4 is 0 Å². The first-order chi connectivity index (χ1) is 14.9. The first-order valence-corrected chi connectivity index (χ1v) is 11.5. The largest absolute Gasteiger partial charge is 0.456 e. The Kier molecular flexibility index (Phi) is 3.85. The number of hydrogen-bond acceptors (Lipinski definition) is 3. The molecule has 0 aliphatic rings. The summed E-state index contributed by atoms with van der Waals surface area (Å²) in [5.41, 5.74) is 6.61. The number of benzene rings is 3. The van der Waals surface area contributed by atoms with Crippen molar-refractivity contribution in [1.29, 1.82) is 0 Å². The van der Waals surface area contributed by atoms with Crippen LogP contribution >= 0.6 is 11.3 Å². The Morgan fingerprint density at radius 2 is 1.71 bits per heavy atom. The van der Waals surface area contributed by atoms with Gasteiger partial charge < -0.3 is 4.42 Å². The normalized spacial score (nSPS) is 12.5. The van der Waals surface area contributed by atoms with Crippen LogP contribution in [-0.2, 0) is 5.41 Å². The van der Waals surface area contributed by atoms with Gasteiger partial charge in [-0.1, -0.05) is 45.0 Å². The van der Waals surface area contributed by atoms with Gasteiger partial charge in [0.05, 0.1) is 11.1 Å². The summed E-state index contributed by atoms with van der Waals surface area (Å²) in [5, 5.41) is 8.29. The van der Waals surface area contributed by atoms with Crippen molar-refractivity contribution < 1.29 is 4.42 Å². The summed E-state index contributed by atoms with van der Waals surface area (Å²) in [6.45, 7) is 8.99. The number of hydrogen-bond donors (Lipinski definition) is 0. The number of rotatable bonds is 1. The fourth-order valence-corrected chi connectivity index (χ4v) is 5.61. The topological polar surface area (TPSA) is 26.0 Å². The average molecular weight is 422 g/mol. The summed E-state index contributed by atoms with van der Waals surface area (Å²) in [7, 11) is 0. The molecular weight excluding hydrogens is 398 g/mol. The minimum Gasteiger partial charge on any atom is -0.456 e. The molecule has 0 aliphatic heterocycles. The van der Waals surface area contributed by atoms with Crippen LogP contribution in [0.2, 0.25) is 0 Å². The SMILES string of the molecule is Cc1csc2cc3oc4ccnc(-c5cc(C(C)(C)C)c6ccccc6c5)c4c3cc12. The highest BCUT2D eigenvalue weighted by Crippen LogP contribution is 2.41. The highest BCUT2D eigenvalue weighted by atomic mass is 32.1. The van der Waals surface area contributed by atoms with Gasteiger partial charge in [-0.05, 0) is 75.3 Å². The minimum atomic E-state index is 0.0297. The van der Waals surface area contributed by atoms with Crippen molar-refractivity contribution in [1.82, 2.24) is 4.98 Å². The van der Waals surface area contributed by atoms with E-state index in [0.717, 1.165) is 33.2 Å². The molecule has 152 valence electrons. The number of nitrogens with zero attached hydrogens (tertiary/aromatic N) is 1. The lowest BCUT2D eigenvalue weighted by molar-refractivity contribution is 0.596. The Balaban J connectivity index is 1.72. The Hall–Kier alpha value is -3.17. The Morgan fingerprint density at radius 1 is 0.871 bits per heavy atom. The van der Waals surface area contributed by atoms with Gasteiger partial charge in [0.1, 0.15) is 11.2 Å². The summed E-state index contributed by atoms with van der Waals surface area (Å²) in [4.78, 5) is 4.86. The number of fused-ring (bicyclic) bond motifs is 5. The number of furan rings is 1. The number of pyridine rings is 1. The molecular formula is C28H23NOS. The van der Waals surface area contributed by atoms with Gasteiger partial charge in [-0.3, -0.25) is 4.98 Å². The molecule has 0 fully saturated rings. The second-order valence-corrected chi connectivity index (χ2v) is 10.3. The van der Waals surface area contributed by atoms with Gasteiger partial charge in [-0.15, -0.1) is 11.3 Å². The van der Waals surface area contributed by atoms with E-state index in [1.54, 1.807) is 11.3 Å². The highest BCUT2D eigenvalue weighted by molar-refractivity contribution is 7.17. The lowest BCUT2D eigenvalue weighted by atomic mass is 9.82. The third kappa shape index (κ3) is 2.80. The van der Waals surface area contributed by atoms with Gasteiger partial charge in [0.15, 0.2) is 0 Å². The van der Waals surface area contributed by atoms with Crippen molar-refractivity contribution in [3.8, 4) is 11.3 Å². The van der Waals surface area contributed by atoms with Gasteiger partial charge in [-0.2, -0.15) is 0 Å². The maximum atomic E-state index is 6.28. The lowest BCUT2D eigenvalue weighted by Crippen LogP contribution is -2.12. The van der Waals surface area contributed by atoms with Crippen molar-refractivity contribution in [2.75, 3.05) is 0 Å². The van der Waals surface area contributed by atoms with Crippen molar-refractivity contribution in [2.24, 2.45) is 0 Å². The number of aromatic nitrogens is 1. The van der Waals surface area contributed by atoms with Gasteiger partial charge in [0, 0.05) is 21.8 Å². The number of aryl methyl sites for hydroxylation is 1. The minimum absolute atomic E-state index is 0.0297. The monoisotopic (exact) mass is 421 g/mol. The van der Waals surface area contributed by atoms with E-state index in [1.165, 1.54) is 32.0 Å². The molecule has 0 atom stereocenters. The van der Waals surface area contributed by atoms with Crippen LogP contribution in [0.4, 0.5) is 0 Å². The molecule has 0 radical (unpaired) electrons. The molecule has 0 aliphatic carbocycles. The Morgan fingerprint density at radius 3 is 2.55 bits per heavy atom. The van der Waals surface area contributed by atoms with Crippen LogP contribution in [0.1, 0.15) is 31.9 Å². The third-order valence-electron chi connectivity index (χ3n) is 6.21. The molecule has 0 unspecified atom stereocenters. The zero-order chi connectivity index (χ0) is 21.3. The van der Waals surface area contributed by atoms with E-state index in [1.807, 2.05) is 12.3 Å². The standard InChI is InChI=1S/C28H23NOS/c1-16-15-31-25-14-24-21(13-20(16)25)26-23(30-24)9-10-29-27(26)18-11-17-7-5-6-8-19(17)22(12-18)28(2,3)4/h5-15H,1-4H3. The van der Waals surface area contributed by atoms with Crippen LogP contribution in [0.5, 0.6) is 0 Å². The van der Waals surface area contributed by atoms with E-state index >= 15 is 0 Å². The molecule has 0 N–H and O–H groups in total. The molecule has 31 heavy (non-hydrogen) atoms. The molecule has 3 heteroatoms. The average Bonchev–Trinajstić information content (AvgIpc) is 3.30. The van der Waals surface area contributed by atoms with Gasteiger partial charge in [-0.25, -0.2) is 0 Å². The van der Waals surface area contributed by atoms with Crippen LogP contribution in [0, 0.1) is 6.92 Å². The van der Waals surface area contributed by atoms with E-state index < -0.39 is 0 Å². The second-order valence-electron chi connectivity index (χ2n) is 9.39. The number of thiophene rings is 1. The third-order valence-corrected chi connectivity index (χ3v) is 7.28. The van der Waals surface area contributed by atoms with Crippen LogP contribution in [0.3, 0.4) is 0 Å². The summed E-state index contributed by atoms with van der Waals surface area (Å²) < 4.78 is 7.55. The van der Waals surface area contributed by atoms with Crippen molar-refractivity contribution >= 4 is 54.1 Å². The van der Waals surface area contributed by atoms with Crippen molar-refractivity contribution in [3.05, 3.63) is 77.3 Å². The van der Waals surface area contributed by atoms with Crippen LogP contribution in [0.15, 0.2) is 70.6 Å². The van der Waals surface area contributed by atoms with Crippen LogP contribution in [0.25, 0.3) is 54.1 Å². The first kappa shape index (κ1) is 18.6. The molecule has 2 nitrogen and oxygen atoms in total. The molecule has 0 saturated heterocycles. The molecule has 3 heterocycles. The predicted octanol–water partition coefficient (Wildman–Crippen LogP) is 8.62. The summed E-state index contributed by atoms with van der Waals surface area (Å²) >= 11 is 1.77. The van der Waals surface area contributed by atoms with Gasteiger partial charge in [0.25, 0.3) is 0 Å². The molecule has 3 aromatic carbocycles. The van der Waals surface area contributed by atoms with E-state index in [0.29, 0.717) is 0 Å². The maximum absolute atomic E-state index is 6.28. The quantitative estimate of drug-likeness (QED) is 0.265. The van der Waals surface area contributed by atoms with Crippen molar-refractivity contribution in [2.45, 2.75) is 33.1 Å². The summed E-state index contributed by atoms with van der Waals surface area (Å²) in [6, 6.07) is 19.6. The maximum Gasteiger partial charge on any atom is 0.139 e. The van der Waals surface area contributed by atoms with E-state index in [2.05, 4.69) is 81.6 Å². The van der Waals surface area contributed by atoms with E-state index in [-0.39, 0.29) is 5.41 Å². The molecule has 6 aromatic rings. The fraction of sp³-hybridized carbons (Fsp3) is 0.179. The zero-order valence-corrected chi connectivity index (χ0v) is 18.9. The lowest BCUT2D eigenvalue weighted by Gasteiger charge is -2.22. The molecule has 0 saturated carbocycles. The first-order valence-electron chi connectivity index (χ1n) is 10.6. The molecule has 6 rings (SSSR count). The smallest absolute Gasteiger partial charge is 0.139 e. The molecule has 3 aromatic heterocycles. The zero-order valence-electron chi connectivity index (χ0n) is 18.1. The second kappa shape index (κ2) is 6.41. The summed E-state index contributed by atoms with van der Waals surface area (Å²) in [5.74, 6) is 0. The highest BCUT2D eigenvalue weighted by Gasteiger charge is 2.21. The predicted molar refractivity (Wildman–Crippen MR) is 133 cm³/mol. The molecule has 0 amide bonds. The summed E-state index contributed by atoms with van der Waals surface area (Å²) in [6.07, 6.45) is 1.86. The molecule has 0 spiro atoms. The van der Waals surface area contributed by atoms with Gasteiger partial charge >= 0.3 is 0 Å². The van der Waals surface area contributed by atoms with E-state index in [9.17, 15) is 0 Å².